The Hall–Kier alpha value is -1.45. The molecule has 4 heteroatoms. The minimum atomic E-state index is 0.605. The average molecular weight is 122 g/mol. The van der Waals surface area contributed by atoms with Crippen molar-refractivity contribution in [2.45, 2.75) is 0 Å². The molecular formula is C5H6N4. The zero-order valence-electron chi connectivity index (χ0n) is 4.78. The Balaban J connectivity index is 2.72. The normalized spacial score (nSPS) is 20.2. The third-order valence-electron chi connectivity index (χ3n) is 0.711. The first-order valence-corrected chi connectivity index (χ1v) is 2.41. The van der Waals surface area contributed by atoms with Gasteiger partial charge in [0.1, 0.15) is 12.7 Å². The maximum atomic E-state index is 3.79. The monoisotopic (exact) mass is 122 g/mol. The van der Waals surface area contributed by atoms with Gasteiger partial charge in [0, 0.05) is 0 Å². The first kappa shape index (κ1) is 5.68. The van der Waals surface area contributed by atoms with Crippen molar-refractivity contribution in [3.63, 3.8) is 0 Å². The summed E-state index contributed by atoms with van der Waals surface area (Å²) in [6.07, 6.45) is 4.36. The van der Waals surface area contributed by atoms with Crippen molar-refractivity contribution < 1.29 is 0 Å². The first-order valence-electron chi connectivity index (χ1n) is 2.41. The van der Waals surface area contributed by atoms with Gasteiger partial charge in [-0.25, -0.2) is 9.98 Å². The van der Waals surface area contributed by atoms with Crippen LogP contribution in [-0.2, 0) is 0 Å². The van der Waals surface area contributed by atoms with Crippen LogP contribution in [0.4, 0.5) is 0 Å². The summed E-state index contributed by atoms with van der Waals surface area (Å²) in [4.78, 5) is 7.51. The fourth-order valence-corrected chi connectivity index (χ4v) is 0.364. The van der Waals surface area contributed by atoms with Gasteiger partial charge in [-0.1, -0.05) is 6.58 Å². The van der Waals surface area contributed by atoms with Gasteiger partial charge < -0.3 is 0 Å². The van der Waals surface area contributed by atoms with E-state index in [9.17, 15) is 0 Å². The lowest BCUT2D eigenvalue weighted by molar-refractivity contribution is 1.05. The van der Waals surface area contributed by atoms with E-state index in [0.29, 0.717) is 5.70 Å². The molecule has 1 rings (SSSR count). The predicted octanol–water partition coefficient (Wildman–Crippen LogP) is 0.146. The highest BCUT2D eigenvalue weighted by atomic mass is 15.3. The summed E-state index contributed by atoms with van der Waals surface area (Å²) in [7, 11) is 0. The van der Waals surface area contributed by atoms with Gasteiger partial charge >= 0.3 is 0 Å². The van der Waals surface area contributed by atoms with E-state index in [0.717, 1.165) is 0 Å². The molecule has 0 fully saturated rings. The Morgan fingerprint density at radius 3 is 3.33 bits per heavy atom. The van der Waals surface area contributed by atoms with Crippen molar-refractivity contribution in [3.8, 4) is 0 Å². The van der Waals surface area contributed by atoms with Gasteiger partial charge in [0.25, 0.3) is 0 Å². The molecule has 0 atom stereocenters. The predicted molar refractivity (Wildman–Crippen MR) is 37.8 cm³/mol. The molecule has 0 spiro atoms. The molecule has 9 heavy (non-hydrogen) atoms. The lowest BCUT2D eigenvalue weighted by Gasteiger charge is -1.91. The van der Waals surface area contributed by atoms with Crippen LogP contribution in [0.3, 0.4) is 0 Å². The second-order valence-corrected chi connectivity index (χ2v) is 1.40. The van der Waals surface area contributed by atoms with Crippen molar-refractivity contribution in [1.82, 2.24) is 5.43 Å². The molecule has 0 saturated carbocycles. The van der Waals surface area contributed by atoms with Crippen LogP contribution in [0, 0.1) is 0 Å². The van der Waals surface area contributed by atoms with Crippen LogP contribution in [0.2, 0.25) is 0 Å². The molecule has 1 N–H and O–H groups in total. The van der Waals surface area contributed by atoms with Crippen LogP contribution >= 0.6 is 0 Å². The zero-order chi connectivity index (χ0) is 6.53. The lowest BCUT2D eigenvalue weighted by Crippen LogP contribution is -2.03. The summed E-state index contributed by atoms with van der Waals surface area (Å²) in [6.45, 7) is 3.57. The molecule has 0 amide bonds. The van der Waals surface area contributed by atoms with Gasteiger partial charge in [-0.15, -0.1) is 0 Å². The van der Waals surface area contributed by atoms with Gasteiger partial charge in [0.05, 0.1) is 11.9 Å². The standard InChI is InChI=1S/C5H6N4/c1-5-2-6-3-8-9-4-7-5/h2-4H,1H2,(H,7,9)/b6-2?,8-3-. The maximum Gasteiger partial charge on any atom is 0.135 e. The Morgan fingerprint density at radius 1 is 1.56 bits per heavy atom. The van der Waals surface area contributed by atoms with Gasteiger partial charge in [0.2, 0.25) is 0 Å². The summed E-state index contributed by atoms with van der Waals surface area (Å²) in [5, 5.41) is 3.60. The fourth-order valence-electron chi connectivity index (χ4n) is 0.364. The quantitative estimate of drug-likeness (QED) is 0.488. The highest BCUT2D eigenvalue weighted by molar-refractivity contribution is 5.86. The molecular weight excluding hydrogens is 116 g/mol. The number of aliphatic imine (C=N–C) groups is 2. The molecule has 0 saturated heterocycles. The molecule has 46 valence electrons. The molecule has 0 aliphatic carbocycles. The van der Waals surface area contributed by atoms with E-state index in [4.69, 9.17) is 0 Å². The van der Waals surface area contributed by atoms with Gasteiger partial charge in [-0.3, -0.25) is 5.43 Å². The van der Waals surface area contributed by atoms with E-state index in [1.807, 2.05) is 0 Å². The van der Waals surface area contributed by atoms with E-state index in [1.54, 1.807) is 0 Å². The van der Waals surface area contributed by atoms with E-state index in [2.05, 4.69) is 27.1 Å². The molecule has 0 bridgehead atoms. The highest BCUT2D eigenvalue weighted by Gasteiger charge is 1.81. The van der Waals surface area contributed by atoms with Gasteiger partial charge in [0.15, 0.2) is 0 Å². The summed E-state index contributed by atoms with van der Waals surface area (Å²) in [5.41, 5.74) is 3.13. The minimum absolute atomic E-state index is 0.605. The summed E-state index contributed by atoms with van der Waals surface area (Å²) in [5.74, 6) is 0. The molecule has 0 radical (unpaired) electrons. The van der Waals surface area contributed by atoms with Crippen molar-refractivity contribution in [3.05, 3.63) is 12.3 Å². The Bertz CT molecular complexity index is 189. The van der Waals surface area contributed by atoms with Crippen molar-refractivity contribution in [2.75, 3.05) is 0 Å². The maximum absolute atomic E-state index is 3.79. The Morgan fingerprint density at radius 2 is 2.44 bits per heavy atom. The molecule has 1 heterocycles. The number of nitrogens with zero attached hydrogens (tertiary/aromatic N) is 3. The molecule has 4 nitrogen and oxygen atoms in total. The lowest BCUT2D eigenvalue weighted by atomic mass is 10.6. The number of hydrazone groups is 1. The Kier molecular flexibility index (Phi) is 1.74. The van der Waals surface area contributed by atoms with Crippen LogP contribution in [0.15, 0.2) is 27.4 Å². The van der Waals surface area contributed by atoms with Crippen LogP contribution in [0.1, 0.15) is 0 Å². The van der Waals surface area contributed by atoms with E-state index in [-0.39, 0.29) is 0 Å². The van der Waals surface area contributed by atoms with E-state index >= 15 is 0 Å². The summed E-state index contributed by atoms with van der Waals surface area (Å²) < 4.78 is 0. The largest absolute Gasteiger partial charge is 0.266 e. The summed E-state index contributed by atoms with van der Waals surface area (Å²) >= 11 is 0. The number of rotatable bonds is 0. The van der Waals surface area contributed by atoms with Crippen molar-refractivity contribution in [2.24, 2.45) is 15.1 Å². The molecule has 1 aliphatic rings. The van der Waals surface area contributed by atoms with Crippen LogP contribution in [0.5, 0.6) is 0 Å². The zero-order valence-corrected chi connectivity index (χ0v) is 4.78. The van der Waals surface area contributed by atoms with E-state index in [1.165, 1.54) is 18.9 Å². The first-order chi connectivity index (χ1) is 4.39. The SMILES string of the molecule is C=C1C=N/C=N\NC=N1. The summed E-state index contributed by atoms with van der Waals surface area (Å²) in [6, 6.07) is 0. The van der Waals surface area contributed by atoms with Gasteiger partial charge in [-0.05, 0) is 0 Å². The second-order valence-electron chi connectivity index (χ2n) is 1.40. The molecule has 1 aliphatic heterocycles. The number of hydrogen-bond acceptors (Lipinski definition) is 4. The molecule has 0 aromatic carbocycles. The topological polar surface area (TPSA) is 49.1 Å². The van der Waals surface area contributed by atoms with Crippen molar-refractivity contribution >= 4 is 18.9 Å². The Labute approximate surface area is 52.7 Å². The second kappa shape index (κ2) is 2.76. The highest BCUT2D eigenvalue weighted by Crippen LogP contribution is 1.85. The molecule has 0 aromatic rings. The molecule has 0 unspecified atom stereocenters. The minimum Gasteiger partial charge on any atom is -0.266 e. The number of nitrogens with one attached hydrogen (secondary N) is 1. The third-order valence-corrected chi connectivity index (χ3v) is 0.711. The fraction of sp³-hybridized carbons (Fsp3) is 0. The van der Waals surface area contributed by atoms with Crippen LogP contribution in [-0.4, -0.2) is 18.9 Å². The molecule has 0 aromatic heterocycles. The van der Waals surface area contributed by atoms with Crippen molar-refractivity contribution in [1.29, 1.82) is 0 Å². The van der Waals surface area contributed by atoms with E-state index < -0.39 is 0 Å². The van der Waals surface area contributed by atoms with Gasteiger partial charge in [-0.2, -0.15) is 5.10 Å². The van der Waals surface area contributed by atoms with Crippen LogP contribution in [0.25, 0.3) is 0 Å². The third kappa shape index (κ3) is 1.85. The van der Waals surface area contributed by atoms with Crippen LogP contribution < -0.4 is 5.43 Å². The number of hydrogen-bond donors (Lipinski definition) is 1. The smallest absolute Gasteiger partial charge is 0.135 e. The number of allylic oxidation sites excluding steroid dienone is 1. The average Bonchev–Trinajstić information content (AvgIpc) is 1.79.